The molecular weight excluding hydrogens is 263 g/mol. The van der Waals surface area contributed by atoms with Gasteiger partial charge >= 0.3 is 6.09 Å². The molecule has 2 amide bonds. The smallest absolute Gasteiger partial charge is 0.407 e. The Morgan fingerprint density at radius 3 is 2.85 bits per heavy atom. The first kappa shape index (κ1) is 14.3. The van der Waals surface area contributed by atoms with Crippen molar-refractivity contribution in [3.05, 3.63) is 35.1 Å². The standard InChI is InChI=1S/C14H17FN2O3/c1-9-3-4-11(12(15)7-9)13(18)17-6-5-10(8-17)16-14(19)20-2/h3-4,7,10H,5-6,8H2,1-2H3,(H,16,19). The van der Waals surface area contributed by atoms with Gasteiger partial charge in [0.15, 0.2) is 0 Å². The van der Waals surface area contributed by atoms with Crippen molar-refractivity contribution in [3.8, 4) is 0 Å². The summed E-state index contributed by atoms with van der Waals surface area (Å²) in [5.74, 6) is -0.865. The van der Waals surface area contributed by atoms with E-state index < -0.39 is 11.9 Å². The van der Waals surface area contributed by atoms with E-state index in [-0.39, 0.29) is 17.5 Å². The fourth-order valence-electron chi connectivity index (χ4n) is 2.25. The first-order valence-corrected chi connectivity index (χ1v) is 6.41. The number of hydrogen-bond donors (Lipinski definition) is 1. The average molecular weight is 280 g/mol. The molecule has 0 bridgehead atoms. The second-order valence-corrected chi connectivity index (χ2v) is 4.86. The topological polar surface area (TPSA) is 58.6 Å². The minimum Gasteiger partial charge on any atom is -0.453 e. The van der Waals surface area contributed by atoms with Crippen LogP contribution in [0.15, 0.2) is 18.2 Å². The molecule has 5 nitrogen and oxygen atoms in total. The Balaban J connectivity index is 2.02. The molecule has 0 aliphatic carbocycles. The first-order valence-electron chi connectivity index (χ1n) is 6.41. The number of likely N-dealkylation sites (tertiary alicyclic amines) is 1. The van der Waals surface area contributed by atoms with E-state index in [2.05, 4.69) is 10.1 Å². The van der Waals surface area contributed by atoms with Crippen molar-refractivity contribution in [2.24, 2.45) is 0 Å². The van der Waals surface area contributed by atoms with Crippen LogP contribution in [0.1, 0.15) is 22.3 Å². The lowest BCUT2D eigenvalue weighted by Crippen LogP contribution is -2.38. The average Bonchev–Trinajstić information content (AvgIpc) is 2.86. The molecule has 1 aromatic rings. The van der Waals surface area contributed by atoms with Crippen molar-refractivity contribution in [1.82, 2.24) is 10.2 Å². The van der Waals surface area contributed by atoms with Gasteiger partial charge in [-0.25, -0.2) is 9.18 Å². The van der Waals surface area contributed by atoms with Gasteiger partial charge in [-0.2, -0.15) is 0 Å². The summed E-state index contributed by atoms with van der Waals surface area (Å²) in [6.45, 7) is 2.62. The van der Waals surface area contributed by atoms with Gasteiger partial charge in [-0.05, 0) is 31.0 Å². The van der Waals surface area contributed by atoms with Crippen molar-refractivity contribution in [3.63, 3.8) is 0 Å². The van der Waals surface area contributed by atoms with Crippen LogP contribution in [-0.2, 0) is 4.74 Å². The number of halogens is 1. The molecule has 1 aliphatic heterocycles. The Morgan fingerprint density at radius 1 is 1.45 bits per heavy atom. The zero-order valence-corrected chi connectivity index (χ0v) is 11.5. The largest absolute Gasteiger partial charge is 0.453 e. The van der Waals surface area contributed by atoms with Crippen LogP contribution in [0.4, 0.5) is 9.18 Å². The van der Waals surface area contributed by atoms with Gasteiger partial charge in [0, 0.05) is 13.1 Å². The second-order valence-electron chi connectivity index (χ2n) is 4.86. The number of alkyl carbamates (subject to hydrolysis) is 1. The predicted octanol–water partition coefficient (Wildman–Crippen LogP) is 1.70. The molecule has 1 saturated heterocycles. The zero-order chi connectivity index (χ0) is 14.7. The lowest BCUT2D eigenvalue weighted by Gasteiger charge is -2.17. The molecule has 2 rings (SSSR count). The predicted molar refractivity (Wildman–Crippen MR) is 71.0 cm³/mol. The Morgan fingerprint density at radius 2 is 2.20 bits per heavy atom. The van der Waals surface area contributed by atoms with E-state index in [1.165, 1.54) is 24.1 Å². The number of benzene rings is 1. The zero-order valence-electron chi connectivity index (χ0n) is 11.5. The molecule has 1 atom stereocenters. The monoisotopic (exact) mass is 280 g/mol. The van der Waals surface area contributed by atoms with E-state index in [1.807, 2.05) is 0 Å². The van der Waals surface area contributed by atoms with Gasteiger partial charge in [0.2, 0.25) is 0 Å². The molecular formula is C14H17FN2O3. The number of amides is 2. The Hall–Kier alpha value is -2.11. The quantitative estimate of drug-likeness (QED) is 0.897. The Kier molecular flexibility index (Phi) is 4.22. The van der Waals surface area contributed by atoms with E-state index in [0.29, 0.717) is 19.5 Å². The van der Waals surface area contributed by atoms with Crippen LogP contribution in [0.25, 0.3) is 0 Å². The van der Waals surface area contributed by atoms with Crippen LogP contribution >= 0.6 is 0 Å². The van der Waals surface area contributed by atoms with Crippen molar-refractivity contribution in [2.75, 3.05) is 20.2 Å². The highest BCUT2D eigenvalue weighted by Gasteiger charge is 2.29. The van der Waals surface area contributed by atoms with Crippen molar-refractivity contribution >= 4 is 12.0 Å². The number of carbonyl (C=O) groups is 2. The first-order chi connectivity index (χ1) is 9.51. The summed E-state index contributed by atoms with van der Waals surface area (Å²) >= 11 is 0. The van der Waals surface area contributed by atoms with Crippen LogP contribution in [0.2, 0.25) is 0 Å². The maximum Gasteiger partial charge on any atom is 0.407 e. The van der Waals surface area contributed by atoms with Gasteiger partial charge < -0.3 is 15.0 Å². The summed E-state index contributed by atoms with van der Waals surface area (Å²) in [6, 6.07) is 4.39. The van der Waals surface area contributed by atoms with Gasteiger partial charge in [0.25, 0.3) is 5.91 Å². The summed E-state index contributed by atoms with van der Waals surface area (Å²) in [6.07, 6.45) is 0.111. The fourth-order valence-corrected chi connectivity index (χ4v) is 2.25. The highest BCUT2D eigenvalue weighted by atomic mass is 19.1. The molecule has 1 aromatic carbocycles. The highest BCUT2D eigenvalue weighted by molar-refractivity contribution is 5.94. The molecule has 6 heteroatoms. The van der Waals surface area contributed by atoms with Crippen molar-refractivity contribution in [2.45, 2.75) is 19.4 Å². The number of hydrogen-bond acceptors (Lipinski definition) is 3. The summed E-state index contributed by atoms with van der Waals surface area (Å²) < 4.78 is 18.3. The fraction of sp³-hybridized carbons (Fsp3) is 0.429. The molecule has 1 aliphatic rings. The molecule has 20 heavy (non-hydrogen) atoms. The molecule has 1 fully saturated rings. The highest BCUT2D eigenvalue weighted by Crippen LogP contribution is 2.17. The molecule has 1 unspecified atom stereocenters. The summed E-state index contributed by atoms with van der Waals surface area (Å²) in [4.78, 5) is 24.9. The van der Waals surface area contributed by atoms with Gasteiger partial charge in [-0.15, -0.1) is 0 Å². The third-order valence-corrected chi connectivity index (χ3v) is 3.34. The number of nitrogens with zero attached hydrogens (tertiary/aromatic N) is 1. The number of aryl methyl sites for hydroxylation is 1. The van der Waals surface area contributed by atoms with Crippen molar-refractivity contribution in [1.29, 1.82) is 0 Å². The van der Waals surface area contributed by atoms with E-state index in [0.717, 1.165) is 5.56 Å². The van der Waals surface area contributed by atoms with Crippen LogP contribution in [0.3, 0.4) is 0 Å². The minimum absolute atomic E-state index is 0.0642. The van der Waals surface area contributed by atoms with E-state index in [4.69, 9.17) is 0 Å². The second kappa shape index (κ2) is 5.90. The third-order valence-electron chi connectivity index (χ3n) is 3.34. The van der Waals surface area contributed by atoms with Crippen LogP contribution in [0, 0.1) is 12.7 Å². The van der Waals surface area contributed by atoms with Crippen LogP contribution in [0.5, 0.6) is 0 Å². The molecule has 0 aromatic heterocycles. The number of methoxy groups -OCH3 is 1. The number of nitrogens with one attached hydrogen (secondary N) is 1. The Labute approximate surface area is 116 Å². The molecule has 0 saturated carbocycles. The number of carbonyl (C=O) groups excluding carboxylic acids is 2. The maximum atomic E-state index is 13.8. The van der Waals surface area contributed by atoms with E-state index in [9.17, 15) is 14.0 Å². The SMILES string of the molecule is COC(=O)NC1CCN(C(=O)c2ccc(C)cc2F)C1. The summed E-state index contributed by atoms with van der Waals surface area (Å²) in [5, 5.41) is 2.64. The molecule has 0 radical (unpaired) electrons. The molecule has 1 heterocycles. The van der Waals surface area contributed by atoms with Gasteiger partial charge in [-0.3, -0.25) is 4.79 Å². The lowest BCUT2D eigenvalue weighted by atomic mass is 10.1. The van der Waals surface area contributed by atoms with Gasteiger partial charge in [-0.1, -0.05) is 6.07 Å². The Bertz CT molecular complexity index is 533. The summed E-state index contributed by atoms with van der Waals surface area (Å²) in [7, 11) is 1.29. The third kappa shape index (κ3) is 3.07. The van der Waals surface area contributed by atoms with Gasteiger partial charge in [0.05, 0.1) is 18.7 Å². The molecule has 108 valence electrons. The van der Waals surface area contributed by atoms with Crippen LogP contribution in [-0.4, -0.2) is 43.1 Å². The number of ether oxygens (including phenoxy) is 1. The normalized spacial score (nSPS) is 17.9. The van der Waals surface area contributed by atoms with Crippen molar-refractivity contribution < 1.29 is 18.7 Å². The number of rotatable bonds is 2. The molecule has 0 spiro atoms. The van der Waals surface area contributed by atoms with Gasteiger partial charge in [0.1, 0.15) is 5.82 Å². The molecule has 1 N–H and O–H groups in total. The lowest BCUT2D eigenvalue weighted by molar-refractivity contribution is 0.0783. The maximum absolute atomic E-state index is 13.8. The van der Waals surface area contributed by atoms with E-state index >= 15 is 0 Å². The summed E-state index contributed by atoms with van der Waals surface area (Å²) in [5.41, 5.74) is 0.833. The van der Waals surface area contributed by atoms with E-state index in [1.54, 1.807) is 13.0 Å². The minimum atomic E-state index is -0.522. The van der Waals surface area contributed by atoms with Crippen LogP contribution < -0.4 is 5.32 Å².